The summed E-state index contributed by atoms with van der Waals surface area (Å²) in [5.74, 6) is -3.12. The van der Waals surface area contributed by atoms with Gasteiger partial charge in [0.1, 0.15) is 17.5 Å². The summed E-state index contributed by atoms with van der Waals surface area (Å²) in [6.07, 6.45) is 1.21. The Morgan fingerprint density at radius 1 is 1.04 bits per heavy atom. The van der Waals surface area contributed by atoms with E-state index in [0.717, 1.165) is 16.5 Å². The summed E-state index contributed by atoms with van der Waals surface area (Å²) >= 11 is 6.33. The number of primary sulfonamides is 1. The van der Waals surface area contributed by atoms with Crippen LogP contribution in [0.1, 0.15) is 67.6 Å². The second kappa shape index (κ2) is 17.8. The van der Waals surface area contributed by atoms with E-state index in [4.69, 9.17) is 31.9 Å². The molecule has 0 saturated heterocycles. The molecule has 3 atom stereocenters. The third-order valence-corrected chi connectivity index (χ3v) is 8.29. The largest absolute Gasteiger partial charge is 0.480 e. The second-order valence-electron chi connectivity index (χ2n) is 10.3. The first kappa shape index (κ1) is 37.6. The number of carboxylic acid groups (broad SMARTS) is 1. The summed E-state index contributed by atoms with van der Waals surface area (Å²) in [5, 5.41) is 17.5. The fourth-order valence-electron chi connectivity index (χ4n) is 4.63. The van der Waals surface area contributed by atoms with E-state index in [0.29, 0.717) is 12.8 Å². The average molecular weight is 669 g/mol. The number of sulfonamides is 1. The molecule has 0 heterocycles. The molecule has 1 unspecified atom stereocenters. The van der Waals surface area contributed by atoms with Crippen molar-refractivity contribution in [3.05, 3.63) is 64.2 Å². The molecule has 0 aliphatic carbocycles. The number of carbonyl (C=O) groups is 4. The quantitative estimate of drug-likeness (QED) is 0.170. The number of rotatable bonds is 18. The summed E-state index contributed by atoms with van der Waals surface area (Å²) < 4.78 is 34.4. The zero-order valence-electron chi connectivity index (χ0n) is 25.5. The van der Waals surface area contributed by atoms with Gasteiger partial charge in [-0.1, -0.05) is 41.9 Å². The molecule has 248 valence electrons. The molecule has 2 aromatic carbocycles. The molecule has 1 amide bonds. The van der Waals surface area contributed by atoms with Crippen LogP contribution in [0.25, 0.3) is 0 Å². The van der Waals surface area contributed by atoms with Gasteiger partial charge in [-0.15, -0.1) is 0 Å². The molecule has 15 heteroatoms. The van der Waals surface area contributed by atoms with Crippen molar-refractivity contribution in [3.8, 4) is 0 Å². The number of nitrogens with two attached hydrogens (primary N) is 2. The monoisotopic (exact) mass is 668 g/mol. The van der Waals surface area contributed by atoms with Gasteiger partial charge in [0.25, 0.3) is 0 Å². The van der Waals surface area contributed by atoms with Gasteiger partial charge in [-0.05, 0) is 69.7 Å². The number of halogens is 1. The van der Waals surface area contributed by atoms with E-state index in [9.17, 15) is 32.7 Å². The molecule has 13 nitrogen and oxygen atoms in total. The van der Waals surface area contributed by atoms with Crippen LogP contribution in [0.5, 0.6) is 0 Å². The van der Waals surface area contributed by atoms with E-state index in [-0.39, 0.29) is 48.7 Å². The van der Waals surface area contributed by atoms with Gasteiger partial charge < -0.3 is 25.2 Å². The van der Waals surface area contributed by atoms with Crippen molar-refractivity contribution < 1.29 is 42.2 Å². The van der Waals surface area contributed by atoms with Gasteiger partial charge in [-0.2, -0.15) is 0 Å². The van der Waals surface area contributed by atoms with Gasteiger partial charge in [0.2, 0.25) is 15.9 Å². The number of nitrogens with zero attached hydrogens (tertiary/aromatic N) is 1. The molecule has 0 aliphatic heterocycles. The van der Waals surface area contributed by atoms with Crippen LogP contribution < -0.4 is 16.2 Å². The highest BCUT2D eigenvalue weighted by Crippen LogP contribution is 2.32. The predicted octanol–water partition coefficient (Wildman–Crippen LogP) is 2.40. The second-order valence-corrected chi connectivity index (χ2v) is 12.2. The highest BCUT2D eigenvalue weighted by molar-refractivity contribution is 7.89. The summed E-state index contributed by atoms with van der Waals surface area (Å²) in [5.41, 5.74) is 7.34. The lowest BCUT2D eigenvalue weighted by Crippen LogP contribution is -2.52. The molecule has 0 bridgehead atoms. The fraction of sp³-hybridized carbons (Fsp3) is 0.467. The number of hydrogen-bond acceptors (Lipinski definition) is 10. The zero-order valence-corrected chi connectivity index (χ0v) is 27.1. The Morgan fingerprint density at radius 3 is 2.27 bits per heavy atom. The predicted molar refractivity (Wildman–Crippen MR) is 167 cm³/mol. The number of esters is 2. The third kappa shape index (κ3) is 11.7. The maximum Gasteiger partial charge on any atom is 0.338 e. The molecular formula is C30H41ClN4O9S. The molecule has 0 radical (unpaired) electrons. The zero-order chi connectivity index (χ0) is 33.7. The smallest absolute Gasteiger partial charge is 0.338 e. The van der Waals surface area contributed by atoms with E-state index in [1.165, 1.54) is 13.0 Å². The number of benzene rings is 2. The number of amides is 1. The Labute approximate surface area is 268 Å². The molecule has 6 N–H and O–H groups in total. The van der Waals surface area contributed by atoms with Crippen LogP contribution in [-0.2, 0) is 40.3 Å². The Hall–Kier alpha value is -3.56. The van der Waals surface area contributed by atoms with E-state index < -0.39 is 63.4 Å². The first-order valence-electron chi connectivity index (χ1n) is 14.5. The van der Waals surface area contributed by atoms with Gasteiger partial charge in [0, 0.05) is 12.6 Å². The lowest BCUT2D eigenvalue weighted by atomic mass is 10.00. The Morgan fingerprint density at radius 2 is 1.69 bits per heavy atom. The Bertz CT molecular complexity index is 1440. The van der Waals surface area contributed by atoms with Crippen LogP contribution in [0.15, 0.2) is 47.4 Å². The molecule has 0 spiro atoms. The fourth-order valence-corrected chi connectivity index (χ4v) is 5.86. The van der Waals surface area contributed by atoms with E-state index >= 15 is 0 Å². The van der Waals surface area contributed by atoms with Gasteiger partial charge in [-0.3, -0.25) is 19.7 Å². The van der Waals surface area contributed by atoms with E-state index in [1.807, 2.05) is 30.3 Å². The van der Waals surface area contributed by atoms with Crippen LogP contribution in [0.2, 0.25) is 5.02 Å². The van der Waals surface area contributed by atoms with Gasteiger partial charge in [0.15, 0.2) is 0 Å². The summed E-state index contributed by atoms with van der Waals surface area (Å²) in [7, 11) is -4.32. The number of aliphatic carboxylic acids is 1. The highest BCUT2D eigenvalue weighted by Gasteiger charge is 2.29. The number of nitrogens with one attached hydrogen (secondary N) is 1. The molecule has 45 heavy (non-hydrogen) atoms. The van der Waals surface area contributed by atoms with Crippen molar-refractivity contribution in [1.29, 1.82) is 0 Å². The van der Waals surface area contributed by atoms with Crippen molar-refractivity contribution in [2.24, 2.45) is 10.9 Å². The maximum absolute atomic E-state index is 13.4. The van der Waals surface area contributed by atoms with Crippen molar-refractivity contribution in [2.75, 3.05) is 26.3 Å². The SMILES string of the molecule is CCOC(=O)c1cc(C(N)CCCN(CC(=O)O)C(=O)[C@H](C)N[C@@H](CCc2ccccc2)C(=O)OCC)c(Cl)c(S(N)(=O)=O)c1. The standard InChI is InChI=1S/C30H41ClN4O9S/c1-4-43-29(39)21-16-22(27(31)25(17-21)45(33,41)42)23(32)12-9-15-35(18-26(36)37)28(38)19(3)34-24(30(40)44-5-2)14-13-20-10-7-6-8-11-20/h6-8,10-11,16-17,19,23-24,34H,4-5,9,12-15,18,32H2,1-3H3,(H,36,37)(H2,33,41,42)/t19-,23?,24-/m0/s1. The first-order chi connectivity index (χ1) is 21.2. The molecule has 0 fully saturated rings. The van der Waals surface area contributed by atoms with Gasteiger partial charge in [-0.25, -0.2) is 18.4 Å². The average Bonchev–Trinajstić information content (AvgIpc) is 2.98. The molecule has 2 rings (SSSR count). The first-order valence-corrected chi connectivity index (χ1v) is 16.4. The Balaban J connectivity index is 2.17. The molecule has 0 saturated carbocycles. The lowest BCUT2D eigenvalue weighted by molar-refractivity contribution is -0.148. The number of aryl methyl sites for hydroxylation is 1. The summed E-state index contributed by atoms with van der Waals surface area (Å²) in [6.45, 7) is 4.36. The van der Waals surface area contributed by atoms with E-state index in [1.54, 1.807) is 13.8 Å². The van der Waals surface area contributed by atoms with Crippen LogP contribution in [-0.4, -0.2) is 80.6 Å². The highest BCUT2D eigenvalue weighted by atomic mass is 35.5. The number of ether oxygens (including phenoxy) is 2. The number of carbonyl (C=O) groups excluding carboxylic acids is 3. The summed E-state index contributed by atoms with van der Waals surface area (Å²) in [4.78, 5) is 50.6. The summed E-state index contributed by atoms with van der Waals surface area (Å²) in [6, 6.07) is 9.17. The number of carboxylic acids is 1. The molecule has 0 aromatic heterocycles. The molecule has 0 aliphatic rings. The van der Waals surface area contributed by atoms with Crippen molar-refractivity contribution in [1.82, 2.24) is 10.2 Å². The van der Waals surface area contributed by atoms with E-state index in [2.05, 4.69) is 5.32 Å². The van der Waals surface area contributed by atoms with Crippen molar-refractivity contribution in [2.45, 2.75) is 69.5 Å². The van der Waals surface area contributed by atoms with Crippen LogP contribution in [0.3, 0.4) is 0 Å². The normalized spacial score (nSPS) is 13.4. The minimum Gasteiger partial charge on any atom is -0.480 e. The van der Waals surface area contributed by atoms with Crippen molar-refractivity contribution >= 4 is 45.4 Å². The van der Waals surface area contributed by atoms with Gasteiger partial charge in [0.05, 0.1) is 29.8 Å². The minimum absolute atomic E-state index is 0.0316. The molecular weight excluding hydrogens is 628 g/mol. The Kier molecular flexibility index (Phi) is 14.9. The van der Waals surface area contributed by atoms with Crippen LogP contribution >= 0.6 is 11.6 Å². The topological polar surface area (TPSA) is 208 Å². The third-order valence-electron chi connectivity index (χ3n) is 6.82. The molecule has 2 aromatic rings. The lowest BCUT2D eigenvalue weighted by Gasteiger charge is -2.28. The van der Waals surface area contributed by atoms with Crippen LogP contribution in [0, 0.1) is 0 Å². The van der Waals surface area contributed by atoms with Gasteiger partial charge >= 0.3 is 17.9 Å². The van der Waals surface area contributed by atoms with Crippen LogP contribution in [0.4, 0.5) is 0 Å². The maximum atomic E-state index is 13.4. The number of hydrogen-bond donors (Lipinski definition) is 4. The minimum atomic E-state index is -4.32. The van der Waals surface area contributed by atoms with Crippen molar-refractivity contribution in [3.63, 3.8) is 0 Å².